The van der Waals surface area contributed by atoms with Crippen LogP contribution in [0.15, 0.2) is 11.4 Å². The standard InChI is InChI=1S/C20H35N3O5S/c1-22(15-18-16-27-11-12-28-18)14-17-13-21-20(23(17)9-10-26-2)29(24,25)19-7-5-3-4-6-8-19/h13,18-19H,3-12,14-16H2,1-2H3. The van der Waals surface area contributed by atoms with Gasteiger partial charge in [-0.2, -0.15) is 0 Å². The molecule has 1 aliphatic heterocycles. The van der Waals surface area contributed by atoms with Crippen molar-refractivity contribution in [3.8, 4) is 0 Å². The van der Waals surface area contributed by atoms with E-state index in [0.717, 1.165) is 50.8 Å². The first-order chi connectivity index (χ1) is 14.0. The van der Waals surface area contributed by atoms with Crippen molar-refractivity contribution in [1.29, 1.82) is 0 Å². The molecule has 0 radical (unpaired) electrons. The lowest BCUT2D eigenvalue weighted by Gasteiger charge is -2.27. The molecule has 1 atom stereocenters. The topological polar surface area (TPSA) is 82.9 Å². The van der Waals surface area contributed by atoms with Crippen LogP contribution in [0.2, 0.25) is 0 Å². The molecule has 1 saturated carbocycles. The molecule has 8 nitrogen and oxygen atoms in total. The number of imidazole rings is 1. The molecule has 9 heteroatoms. The summed E-state index contributed by atoms with van der Waals surface area (Å²) in [7, 11) is 0.177. The summed E-state index contributed by atoms with van der Waals surface area (Å²) >= 11 is 0. The summed E-state index contributed by atoms with van der Waals surface area (Å²) in [5, 5.41) is -0.130. The predicted molar refractivity (Wildman–Crippen MR) is 110 cm³/mol. The van der Waals surface area contributed by atoms with Gasteiger partial charge in [0.25, 0.3) is 0 Å². The number of methoxy groups -OCH3 is 1. The van der Waals surface area contributed by atoms with Crippen molar-refractivity contribution in [2.75, 3.05) is 47.1 Å². The van der Waals surface area contributed by atoms with Gasteiger partial charge >= 0.3 is 0 Å². The van der Waals surface area contributed by atoms with Gasteiger partial charge < -0.3 is 18.8 Å². The van der Waals surface area contributed by atoms with E-state index in [2.05, 4.69) is 9.88 Å². The van der Waals surface area contributed by atoms with Crippen molar-refractivity contribution < 1.29 is 22.6 Å². The molecule has 1 aliphatic carbocycles. The number of aromatic nitrogens is 2. The van der Waals surface area contributed by atoms with Crippen LogP contribution in [0.5, 0.6) is 0 Å². The van der Waals surface area contributed by atoms with Gasteiger partial charge in [0.05, 0.1) is 49.7 Å². The Morgan fingerprint density at radius 2 is 2.00 bits per heavy atom. The van der Waals surface area contributed by atoms with Crippen molar-refractivity contribution in [2.24, 2.45) is 0 Å². The molecule has 29 heavy (non-hydrogen) atoms. The SMILES string of the molecule is COCCn1c(CN(C)CC2COCCO2)cnc1S(=O)(=O)C1CCCCCC1. The zero-order chi connectivity index (χ0) is 20.7. The first kappa shape index (κ1) is 22.7. The zero-order valence-corrected chi connectivity index (χ0v) is 18.5. The van der Waals surface area contributed by atoms with Crippen LogP contribution in [-0.2, 0) is 37.1 Å². The van der Waals surface area contributed by atoms with Crippen LogP contribution in [0.25, 0.3) is 0 Å². The molecule has 1 unspecified atom stereocenters. The second-order valence-corrected chi connectivity index (χ2v) is 10.2. The molecule has 3 rings (SSSR count). The number of nitrogens with zero attached hydrogens (tertiary/aromatic N) is 3. The van der Waals surface area contributed by atoms with Crippen LogP contribution in [0.4, 0.5) is 0 Å². The zero-order valence-electron chi connectivity index (χ0n) is 17.7. The molecule has 0 amide bonds. The quantitative estimate of drug-likeness (QED) is 0.554. The van der Waals surface area contributed by atoms with Crippen molar-refractivity contribution in [2.45, 2.75) is 68.1 Å². The Kier molecular flexibility index (Phi) is 8.49. The number of hydrogen-bond donors (Lipinski definition) is 0. The molecule has 0 spiro atoms. The van der Waals surface area contributed by atoms with Crippen molar-refractivity contribution in [3.63, 3.8) is 0 Å². The number of hydrogen-bond acceptors (Lipinski definition) is 7. The van der Waals surface area contributed by atoms with Crippen molar-refractivity contribution >= 4 is 9.84 Å². The molecule has 2 aliphatic rings. The second-order valence-electron chi connectivity index (χ2n) is 8.10. The van der Waals surface area contributed by atoms with E-state index in [9.17, 15) is 8.42 Å². The molecular weight excluding hydrogens is 394 g/mol. The van der Waals surface area contributed by atoms with Gasteiger partial charge in [0.1, 0.15) is 0 Å². The van der Waals surface area contributed by atoms with Crippen LogP contribution in [0.3, 0.4) is 0 Å². The van der Waals surface area contributed by atoms with E-state index in [-0.39, 0.29) is 16.5 Å². The van der Waals surface area contributed by atoms with Gasteiger partial charge in [-0.25, -0.2) is 13.4 Å². The monoisotopic (exact) mass is 429 g/mol. The summed E-state index contributed by atoms with van der Waals surface area (Å²) in [5.41, 5.74) is 0.883. The predicted octanol–water partition coefficient (Wildman–Crippen LogP) is 1.87. The molecule has 0 N–H and O–H groups in total. The highest BCUT2D eigenvalue weighted by Crippen LogP contribution is 2.28. The van der Waals surface area contributed by atoms with Crippen molar-refractivity contribution in [1.82, 2.24) is 14.5 Å². The van der Waals surface area contributed by atoms with E-state index in [0.29, 0.717) is 39.5 Å². The fraction of sp³-hybridized carbons (Fsp3) is 0.850. The van der Waals surface area contributed by atoms with Crippen LogP contribution in [0, 0.1) is 0 Å². The summed E-state index contributed by atoms with van der Waals surface area (Å²) < 4.78 is 45.0. The average molecular weight is 430 g/mol. The first-order valence-electron chi connectivity index (χ1n) is 10.7. The van der Waals surface area contributed by atoms with Gasteiger partial charge in [-0.15, -0.1) is 0 Å². The Morgan fingerprint density at radius 1 is 1.24 bits per heavy atom. The van der Waals surface area contributed by atoms with Gasteiger partial charge in [-0.3, -0.25) is 4.90 Å². The smallest absolute Gasteiger partial charge is 0.228 e. The molecule has 0 bridgehead atoms. The number of sulfone groups is 1. The number of ether oxygens (including phenoxy) is 3. The van der Waals surface area contributed by atoms with E-state index in [4.69, 9.17) is 14.2 Å². The number of rotatable bonds is 9. The highest BCUT2D eigenvalue weighted by molar-refractivity contribution is 7.91. The Labute approximate surface area is 174 Å². The molecule has 1 saturated heterocycles. The Bertz CT molecular complexity index is 722. The first-order valence-corrected chi connectivity index (χ1v) is 12.2. The van der Waals surface area contributed by atoms with Gasteiger partial charge in [-0.1, -0.05) is 25.7 Å². The lowest BCUT2D eigenvalue weighted by atomic mass is 10.2. The minimum absolute atomic E-state index is 0.0401. The summed E-state index contributed by atoms with van der Waals surface area (Å²) in [6.07, 6.45) is 7.39. The van der Waals surface area contributed by atoms with Gasteiger partial charge in [0, 0.05) is 26.7 Å². The molecule has 2 heterocycles. The highest BCUT2D eigenvalue weighted by atomic mass is 32.2. The maximum absolute atomic E-state index is 13.4. The molecular formula is C20H35N3O5S. The van der Waals surface area contributed by atoms with E-state index in [1.54, 1.807) is 13.3 Å². The highest BCUT2D eigenvalue weighted by Gasteiger charge is 2.33. The molecule has 0 aromatic carbocycles. The lowest BCUT2D eigenvalue weighted by Crippen LogP contribution is -2.38. The Hall–Kier alpha value is -1.000. The summed E-state index contributed by atoms with van der Waals surface area (Å²) in [5.74, 6) is 0. The van der Waals surface area contributed by atoms with E-state index < -0.39 is 9.84 Å². The second kappa shape index (κ2) is 10.9. The van der Waals surface area contributed by atoms with E-state index >= 15 is 0 Å². The van der Waals surface area contributed by atoms with E-state index in [1.165, 1.54) is 0 Å². The maximum Gasteiger partial charge on any atom is 0.228 e. The van der Waals surface area contributed by atoms with Crippen LogP contribution in [-0.4, -0.2) is 81.4 Å². The van der Waals surface area contributed by atoms with E-state index in [1.807, 2.05) is 11.6 Å². The summed E-state index contributed by atoms with van der Waals surface area (Å²) in [6.45, 7) is 4.09. The molecule has 166 valence electrons. The fourth-order valence-electron chi connectivity index (χ4n) is 4.20. The Morgan fingerprint density at radius 3 is 2.66 bits per heavy atom. The minimum atomic E-state index is -3.46. The summed E-state index contributed by atoms with van der Waals surface area (Å²) in [4.78, 5) is 6.51. The third-order valence-electron chi connectivity index (χ3n) is 5.75. The van der Waals surface area contributed by atoms with Gasteiger partial charge in [-0.05, 0) is 19.9 Å². The van der Waals surface area contributed by atoms with Gasteiger partial charge in [0.15, 0.2) is 0 Å². The maximum atomic E-state index is 13.4. The van der Waals surface area contributed by atoms with Crippen LogP contribution in [0.1, 0.15) is 44.2 Å². The van der Waals surface area contributed by atoms with Crippen molar-refractivity contribution in [3.05, 3.63) is 11.9 Å². The number of likely N-dealkylation sites (N-methyl/N-ethyl adjacent to an activating group) is 1. The normalized spacial score (nSPS) is 22.1. The Balaban J connectivity index is 1.76. The average Bonchev–Trinajstić information content (AvgIpc) is 2.91. The van der Waals surface area contributed by atoms with Crippen LogP contribution >= 0.6 is 0 Å². The largest absolute Gasteiger partial charge is 0.383 e. The fourth-order valence-corrected chi connectivity index (χ4v) is 6.17. The molecule has 1 aromatic heterocycles. The molecule has 2 fully saturated rings. The summed E-state index contributed by atoms with van der Waals surface area (Å²) in [6, 6.07) is 0. The van der Waals surface area contributed by atoms with Gasteiger partial charge in [0.2, 0.25) is 15.0 Å². The lowest BCUT2D eigenvalue weighted by molar-refractivity contribution is -0.0964. The van der Waals surface area contributed by atoms with Crippen LogP contribution < -0.4 is 0 Å². The minimum Gasteiger partial charge on any atom is -0.383 e. The third-order valence-corrected chi connectivity index (χ3v) is 7.93. The third kappa shape index (κ3) is 6.01. The molecule has 1 aromatic rings.